The molecule has 1 atom stereocenters. The van der Waals surface area contributed by atoms with Crippen molar-refractivity contribution < 1.29 is 10.2 Å². The van der Waals surface area contributed by atoms with Crippen LogP contribution in [0, 0.1) is 0 Å². The van der Waals surface area contributed by atoms with Crippen molar-refractivity contribution >= 4 is 31.9 Å². The van der Waals surface area contributed by atoms with Crippen molar-refractivity contribution in [2.24, 2.45) is 0 Å². The molecule has 0 aromatic heterocycles. The number of alkyl halides is 2. The molecule has 8 heavy (non-hydrogen) atoms. The van der Waals surface area contributed by atoms with Gasteiger partial charge in [-0.25, -0.2) is 0 Å². The molecule has 2 nitrogen and oxygen atoms in total. The van der Waals surface area contributed by atoms with Gasteiger partial charge < -0.3 is 10.2 Å². The average Bonchev–Trinajstić information content (AvgIpc) is 1.67. The second-order valence-electron chi connectivity index (χ2n) is 1.41. The zero-order chi connectivity index (χ0) is 6.57. The molecule has 0 bridgehead atoms. The first kappa shape index (κ1) is 8.88. The van der Waals surface area contributed by atoms with Gasteiger partial charge in [-0.3, -0.25) is 0 Å². The second kappa shape index (κ2) is 4.73. The molecule has 0 saturated carbocycles. The molecular formula is C4H8Br2O2. The van der Waals surface area contributed by atoms with E-state index in [4.69, 9.17) is 10.2 Å². The molecule has 0 aromatic carbocycles. The summed E-state index contributed by atoms with van der Waals surface area (Å²) in [5.41, 5.74) is 0. The maximum Gasteiger partial charge on any atom is 0.164 e. The van der Waals surface area contributed by atoms with Crippen LogP contribution < -0.4 is 0 Å². The van der Waals surface area contributed by atoms with Gasteiger partial charge in [0, 0.05) is 5.33 Å². The smallest absolute Gasteiger partial charge is 0.164 e. The molecule has 0 aliphatic rings. The first-order chi connectivity index (χ1) is 3.68. The monoisotopic (exact) mass is 246 g/mol. The highest BCUT2D eigenvalue weighted by Crippen LogP contribution is 2.09. The molecule has 0 amide bonds. The third-order valence-electron chi connectivity index (χ3n) is 0.708. The number of rotatable bonds is 3. The summed E-state index contributed by atoms with van der Waals surface area (Å²) in [7, 11) is 0. The van der Waals surface area contributed by atoms with Crippen LogP contribution in [0.25, 0.3) is 0 Å². The zero-order valence-electron chi connectivity index (χ0n) is 4.22. The minimum Gasteiger partial charge on any atom is -0.367 e. The number of aliphatic hydroxyl groups is 2. The van der Waals surface area contributed by atoms with Crippen LogP contribution in [0.2, 0.25) is 0 Å². The predicted molar refractivity (Wildman–Crippen MR) is 39.4 cm³/mol. The standard InChI is InChI=1S/C4H8Br2O2/c5-2-1-3(6)4(7)8/h3-4,7-8H,1-2H2. The Bertz CT molecular complexity index is 58.0. The number of aliphatic hydroxyl groups excluding tert-OH is 1. The molecule has 0 saturated heterocycles. The van der Waals surface area contributed by atoms with Gasteiger partial charge in [0.05, 0.1) is 4.83 Å². The van der Waals surface area contributed by atoms with Gasteiger partial charge in [0.25, 0.3) is 0 Å². The van der Waals surface area contributed by atoms with Crippen LogP contribution in [0.15, 0.2) is 0 Å². The molecule has 0 heterocycles. The van der Waals surface area contributed by atoms with Gasteiger partial charge in [0.2, 0.25) is 0 Å². The minimum absolute atomic E-state index is 0.207. The molecule has 0 aliphatic heterocycles. The third kappa shape index (κ3) is 3.83. The first-order valence-corrected chi connectivity index (χ1v) is 4.28. The summed E-state index contributed by atoms with van der Waals surface area (Å²) in [5.74, 6) is 0. The van der Waals surface area contributed by atoms with Crippen LogP contribution in [0.4, 0.5) is 0 Å². The van der Waals surface area contributed by atoms with Crippen LogP contribution >= 0.6 is 31.9 Å². The van der Waals surface area contributed by atoms with Crippen molar-refractivity contribution in [3.63, 3.8) is 0 Å². The number of hydrogen-bond donors (Lipinski definition) is 2. The van der Waals surface area contributed by atoms with Crippen molar-refractivity contribution in [1.82, 2.24) is 0 Å². The molecule has 0 rings (SSSR count). The number of hydrogen-bond acceptors (Lipinski definition) is 2. The highest BCUT2D eigenvalue weighted by molar-refractivity contribution is 9.10. The summed E-state index contributed by atoms with van der Waals surface area (Å²) in [6.45, 7) is 0. The van der Waals surface area contributed by atoms with Gasteiger partial charge in [-0.1, -0.05) is 31.9 Å². The lowest BCUT2D eigenvalue weighted by Gasteiger charge is -2.08. The SMILES string of the molecule is OC(O)C(Br)CCBr. The van der Waals surface area contributed by atoms with Gasteiger partial charge in [-0.05, 0) is 6.42 Å². The minimum atomic E-state index is -1.24. The molecular weight excluding hydrogens is 240 g/mol. The van der Waals surface area contributed by atoms with Crippen LogP contribution in [0.1, 0.15) is 6.42 Å². The maximum absolute atomic E-state index is 8.44. The molecule has 0 aromatic rings. The molecule has 0 aliphatic carbocycles. The summed E-state index contributed by atoms with van der Waals surface area (Å²) in [4.78, 5) is -0.207. The maximum atomic E-state index is 8.44. The fourth-order valence-electron chi connectivity index (χ4n) is 0.253. The van der Waals surface area contributed by atoms with E-state index < -0.39 is 6.29 Å². The quantitative estimate of drug-likeness (QED) is 0.574. The van der Waals surface area contributed by atoms with Crippen LogP contribution in [0.5, 0.6) is 0 Å². The fraction of sp³-hybridized carbons (Fsp3) is 1.00. The Kier molecular flexibility index (Phi) is 5.25. The normalized spacial score (nSPS) is 14.6. The van der Waals surface area contributed by atoms with E-state index in [9.17, 15) is 0 Å². The lowest BCUT2D eigenvalue weighted by molar-refractivity contribution is -0.0387. The van der Waals surface area contributed by atoms with Gasteiger partial charge >= 0.3 is 0 Å². The van der Waals surface area contributed by atoms with E-state index >= 15 is 0 Å². The summed E-state index contributed by atoms with van der Waals surface area (Å²) in [6.07, 6.45) is -0.523. The highest BCUT2D eigenvalue weighted by Gasteiger charge is 2.09. The fourth-order valence-corrected chi connectivity index (χ4v) is 1.59. The summed E-state index contributed by atoms with van der Waals surface area (Å²) >= 11 is 6.24. The van der Waals surface area contributed by atoms with Crippen LogP contribution in [-0.2, 0) is 0 Å². The molecule has 1 unspecified atom stereocenters. The van der Waals surface area contributed by atoms with E-state index in [0.29, 0.717) is 0 Å². The van der Waals surface area contributed by atoms with Crippen molar-refractivity contribution in [1.29, 1.82) is 0 Å². The Morgan fingerprint density at radius 3 is 2.00 bits per heavy atom. The molecule has 50 valence electrons. The van der Waals surface area contributed by atoms with E-state index in [1.807, 2.05) is 0 Å². The van der Waals surface area contributed by atoms with Crippen molar-refractivity contribution in [3.05, 3.63) is 0 Å². The lowest BCUT2D eigenvalue weighted by Crippen LogP contribution is -2.19. The molecule has 2 N–H and O–H groups in total. The zero-order valence-corrected chi connectivity index (χ0v) is 7.39. The topological polar surface area (TPSA) is 40.5 Å². The highest BCUT2D eigenvalue weighted by atomic mass is 79.9. The van der Waals surface area contributed by atoms with E-state index in [2.05, 4.69) is 31.9 Å². The Balaban J connectivity index is 3.17. The molecule has 0 spiro atoms. The van der Waals surface area contributed by atoms with Gasteiger partial charge in [-0.15, -0.1) is 0 Å². The van der Waals surface area contributed by atoms with Gasteiger partial charge in [0.1, 0.15) is 0 Å². The molecule has 4 heteroatoms. The number of halogens is 2. The Hall–Kier alpha value is 0.880. The van der Waals surface area contributed by atoms with Crippen LogP contribution in [0.3, 0.4) is 0 Å². The van der Waals surface area contributed by atoms with Crippen molar-refractivity contribution in [2.45, 2.75) is 17.5 Å². The largest absolute Gasteiger partial charge is 0.367 e. The summed E-state index contributed by atoms with van der Waals surface area (Å²) < 4.78 is 0. The first-order valence-electron chi connectivity index (χ1n) is 2.24. The van der Waals surface area contributed by atoms with Gasteiger partial charge in [-0.2, -0.15) is 0 Å². The Labute approximate surface area is 65.2 Å². The summed E-state index contributed by atoms with van der Waals surface area (Å²) in [5, 5.41) is 17.7. The van der Waals surface area contributed by atoms with Crippen molar-refractivity contribution in [3.8, 4) is 0 Å². The average molecular weight is 248 g/mol. The van der Waals surface area contributed by atoms with E-state index in [1.54, 1.807) is 0 Å². The lowest BCUT2D eigenvalue weighted by atomic mass is 10.3. The molecule has 0 fully saturated rings. The second-order valence-corrected chi connectivity index (χ2v) is 3.38. The van der Waals surface area contributed by atoms with E-state index in [-0.39, 0.29) is 4.83 Å². The van der Waals surface area contributed by atoms with Crippen molar-refractivity contribution in [2.75, 3.05) is 5.33 Å². The Morgan fingerprint density at radius 1 is 1.38 bits per heavy atom. The van der Waals surface area contributed by atoms with E-state index in [0.717, 1.165) is 11.8 Å². The van der Waals surface area contributed by atoms with Gasteiger partial charge in [0.15, 0.2) is 6.29 Å². The van der Waals surface area contributed by atoms with E-state index in [1.165, 1.54) is 0 Å². The third-order valence-corrected chi connectivity index (χ3v) is 2.10. The summed E-state index contributed by atoms with van der Waals surface area (Å²) in [6, 6.07) is 0. The predicted octanol–water partition coefficient (Wildman–Crippen LogP) is 0.846. The van der Waals surface area contributed by atoms with Crippen LogP contribution in [-0.4, -0.2) is 26.7 Å². The molecule has 0 radical (unpaired) electrons. The Morgan fingerprint density at radius 2 is 1.88 bits per heavy atom.